The minimum atomic E-state index is -3.55. The number of hydrogen-bond acceptors (Lipinski definition) is 3. The number of halogens is 3. The molecule has 1 aromatic rings. The molecule has 0 aromatic heterocycles. The number of benzene rings is 1. The van der Waals surface area contributed by atoms with Gasteiger partial charge >= 0.3 is 0 Å². The highest BCUT2D eigenvalue weighted by atomic mass is 79.9. The van der Waals surface area contributed by atoms with Crippen molar-refractivity contribution in [1.29, 1.82) is 0 Å². The van der Waals surface area contributed by atoms with Crippen LogP contribution in [0.15, 0.2) is 21.5 Å². The van der Waals surface area contributed by atoms with Gasteiger partial charge in [-0.25, -0.2) is 12.8 Å². The zero-order valence-electron chi connectivity index (χ0n) is 11.9. The molecule has 8 heteroatoms. The van der Waals surface area contributed by atoms with Gasteiger partial charge in [0, 0.05) is 19.1 Å². The highest BCUT2D eigenvalue weighted by molar-refractivity contribution is 9.10. The summed E-state index contributed by atoms with van der Waals surface area (Å²) in [6.45, 7) is 2.59. The van der Waals surface area contributed by atoms with E-state index in [-0.39, 0.29) is 21.8 Å². The Labute approximate surface area is 139 Å². The molecule has 0 atom stereocenters. The lowest BCUT2D eigenvalue weighted by Crippen LogP contribution is -2.44. The SMILES string of the molecule is CNC1CCN(S(=O)(=O)c2cc(Br)c(F)cc2C)CC1.Cl. The predicted octanol–water partition coefficient (Wildman–Crippen LogP) is 2.69. The van der Waals surface area contributed by atoms with Crippen molar-refractivity contribution in [3.63, 3.8) is 0 Å². The maximum absolute atomic E-state index is 13.4. The number of sulfonamides is 1. The molecular weight excluding hydrogens is 383 g/mol. The number of piperidine rings is 1. The summed E-state index contributed by atoms with van der Waals surface area (Å²) in [5.41, 5.74) is 0.432. The number of nitrogens with one attached hydrogen (secondary N) is 1. The molecule has 0 radical (unpaired) electrons. The van der Waals surface area contributed by atoms with Crippen molar-refractivity contribution in [3.8, 4) is 0 Å². The van der Waals surface area contributed by atoms with Gasteiger partial charge in [-0.1, -0.05) is 0 Å². The largest absolute Gasteiger partial charge is 0.317 e. The van der Waals surface area contributed by atoms with Gasteiger partial charge in [-0.2, -0.15) is 4.31 Å². The van der Waals surface area contributed by atoms with Crippen LogP contribution in [0.3, 0.4) is 0 Å². The van der Waals surface area contributed by atoms with Gasteiger partial charge in [0.05, 0.1) is 9.37 Å². The van der Waals surface area contributed by atoms with Gasteiger partial charge in [0.2, 0.25) is 10.0 Å². The third kappa shape index (κ3) is 3.96. The summed E-state index contributed by atoms with van der Waals surface area (Å²) in [4.78, 5) is 0.175. The molecule has 1 fully saturated rings. The third-order valence-electron chi connectivity index (χ3n) is 3.70. The van der Waals surface area contributed by atoms with Crippen molar-refractivity contribution in [2.75, 3.05) is 20.1 Å². The van der Waals surface area contributed by atoms with Gasteiger partial charge in [0.1, 0.15) is 5.82 Å². The summed E-state index contributed by atoms with van der Waals surface area (Å²) in [6, 6.07) is 2.96. The Kier molecular flexibility index (Phi) is 6.61. The summed E-state index contributed by atoms with van der Waals surface area (Å²) < 4.78 is 40.3. The molecule has 0 bridgehead atoms. The van der Waals surface area contributed by atoms with E-state index in [9.17, 15) is 12.8 Å². The molecule has 1 aromatic carbocycles. The Balaban J connectivity index is 0.00000220. The van der Waals surface area contributed by atoms with Gasteiger partial charge in [-0.3, -0.25) is 0 Å². The van der Waals surface area contributed by atoms with E-state index in [4.69, 9.17) is 0 Å². The van der Waals surface area contributed by atoms with Crippen LogP contribution in [0.5, 0.6) is 0 Å². The third-order valence-corrected chi connectivity index (χ3v) is 6.35. The first kappa shape index (κ1) is 18.8. The van der Waals surface area contributed by atoms with Crippen LogP contribution in [-0.4, -0.2) is 38.9 Å². The zero-order valence-corrected chi connectivity index (χ0v) is 15.1. The summed E-state index contributed by atoms with van der Waals surface area (Å²) in [7, 11) is -1.67. The van der Waals surface area contributed by atoms with E-state index in [2.05, 4.69) is 21.2 Å². The molecule has 0 amide bonds. The summed E-state index contributed by atoms with van der Waals surface area (Å²) in [5, 5.41) is 3.17. The van der Waals surface area contributed by atoms with Gasteiger partial charge < -0.3 is 5.32 Å². The molecule has 0 aliphatic carbocycles. The Morgan fingerprint density at radius 1 is 1.33 bits per heavy atom. The first-order chi connectivity index (χ1) is 9.36. The lowest BCUT2D eigenvalue weighted by Gasteiger charge is -2.31. The van der Waals surface area contributed by atoms with E-state index in [0.717, 1.165) is 12.8 Å². The van der Waals surface area contributed by atoms with Crippen LogP contribution < -0.4 is 5.32 Å². The molecule has 4 nitrogen and oxygen atoms in total. The minimum Gasteiger partial charge on any atom is -0.317 e. The summed E-state index contributed by atoms with van der Waals surface area (Å²) in [5.74, 6) is -0.449. The molecule has 0 spiro atoms. The molecule has 1 heterocycles. The first-order valence-corrected chi connectivity index (χ1v) is 8.72. The second kappa shape index (κ2) is 7.37. The number of nitrogens with zero attached hydrogens (tertiary/aromatic N) is 1. The fraction of sp³-hybridized carbons (Fsp3) is 0.538. The second-order valence-corrected chi connectivity index (χ2v) is 7.76. The van der Waals surface area contributed by atoms with Gasteiger partial charge in [-0.05, 0) is 60.4 Å². The van der Waals surface area contributed by atoms with Crippen molar-refractivity contribution in [1.82, 2.24) is 9.62 Å². The van der Waals surface area contributed by atoms with Crippen molar-refractivity contribution >= 4 is 38.4 Å². The Hall–Kier alpha value is -0.210. The van der Waals surface area contributed by atoms with Crippen LogP contribution in [0.25, 0.3) is 0 Å². The molecule has 1 N–H and O–H groups in total. The minimum absolute atomic E-state index is 0. The van der Waals surface area contributed by atoms with Gasteiger partial charge in [-0.15, -0.1) is 12.4 Å². The molecule has 21 heavy (non-hydrogen) atoms. The molecular formula is C13H19BrClFN2O2S. The van der Waals surface area contributed by atoms with E-state index in [1.165, 1.54) is 16.4 Å². The van der Waals surface area contributed by atoms with Crippen LogP contribution in [0.2, 0.25) is 0 Å². The Bertz CT molecular complexity index is 604. The topological polar surface area (TPSA) is 49.4 Å². The van der Waals surface area contributed by atoms with Crippen molar-refractivity contribution < 1.29 is 12.8 Å². The molecule has 1 saturated heterocycles. The highest BCUT2D eigenvalue weighted by Crippen LogP contribution is 2.28. The normalized spacial score (nSPS) is 17.5. The second-order valence-electron chi connectivity index (χ2n) is 5.00. The summed E-state index contributed by atoms with van der Waals surface area (Å²) in [6.07, 6.45) is 1.58. The van der Waals surface area contributed by atoms with Gasteiger partial charge in [0.25, 0.3) is 0 Å². The van der Waals surface area contributed by atoms with E-state index in [1.807, 2.05) is 7.05 Å². The smallest absolute Gasteiger partial charge is 0.243 e. The summed E-state index contributed by atoms with van der Waals surface area (Å²) >= 11 is 3.05. The standard InChI is InChI=1S/C13H18BrFN2O2S.ClH/c1-9-7-12(15)11(14)8-13(9)20(18,19)17-5-3-10(16-2)4-6-17;/h7-8,10,16H,3-6H2,1-2H3;1H. The monoisotopic (exact) mass is 400 g/mol. The average Bonchev–Trinajstić information content (AvgIpc) is 2.42. The van der Waals surface area contributed by atoms with E-state index >= 15 is 0 Å². The fourth-order valence-corrected chi connectivity index (χ4v) is 4.63. The predicted molar refractivity (Wildman–Crippen MR) is 86.9 cm³/mol. The molecule has 1 aliphatic rings. The molecule has 1 aliphatic heterocycles. The fourth-order valence-electron chi connectivity index (χ4n) is 2.43. The highest BCUT2D eigenvalue weighted by Gasteiger charge is 2.30. The lowest BCUT2D eigenvalue weighted by molar-refractivity contribution is 0.298. The molecule has 2 rings (SSSR count). The number of aryl methyl sites for hydroxylation is 1. The molecule has 0 saturated carbocycles. The Morgan fingerprint density at radius 3 is 2.43 bits per heavy atom. The quantitative estimate of drug-likeness (QED) is 0.847. The molecule has 120 valence electrons. The average molecular weight is 402 g/mol. The van der Waals surface area contributed by atoms with Crippen LogP contribution >= 0.6 is 28.3 Å². The van der Waals surface area contributed by atoms with E-state index < -0.39 is 15.8 Å². The van der Waals surface area contributed by atoms with E-state index in [1.54, 1.807) is 6.92 Å². The maximum Gasteiger partial charge on any atom is 0.243 e. The van der Waals surface area contributed by atoms with Crippen LogP contribution in [0.1, 0.15) is 18.4 Å². The first-order valence-electron chi connectivity index (χ1n) is 6.49. The lowest BCUT2D eigenvalue weighted by atomic mass is 10.1. The number of rotatable bonds is 3. The van der Waals surface area contributed by atoms with Crippen molar-refractivity contribution in [2.45, 2.75) is 30.7 Å². The van der Waals surface area contributed by atoms with Crippen molar-refractivity contribution in [2.24, 2.45) is 0 Å². The molecule has 0 unspecified atom stereocenters. The van der Waals surface area contributed by atoms with Crippen LogP contribution in [-0.2, 0) is 10.0 Å². The van der Waals surface area contributed by atoms with Crippen LogP contribution in [0.4, 0.5) is 4.39 Å². The van der Waals surface area contributed by atoms with Crippen LogP contribution in [0, 0.1) is 12.7 Å². The number of hydrogen-bond donors (Lipinski definition) is 1. The van der Waals surface area contributed by atoms with Gasteiger partial charge in [0.15, 0.2) is 0 Å². The van der Waals surface area contributed by atoms with Crippen molar-refractivity contribution in [3.05, 3.63) is 28.0 Å². The zero-order chi connectivity index (χ0) is 14.9. The van der Waals surface area contributed by atoms with E-state index in [0.29, 0.717) is 24.7 Å². The Morgan fingerprint density at radius 2 is 1.90 bits per heavy atom. The maximum atomic E-state index is 13.4.